The van der Waals surface area contributed by atoms with Gasteiger partial charge in [0.15, 0.2) is 0 Å². The summed E-state index contributed by atoms with van der Waals surface area (Å²) in [5.74, 6) is 0.146. The van der Waals surface area contributed by atoms with Gasteiger partial charge in [-0.3, -0.25) is 9.78 Å². The van der Waals surface area contributed by atoms with Crippen LogP contribution in [0.4, 0.5) is 13.2 Å². The molecule has 1 aromatic heterocycles. The minimum atomic E-state index is -4.40. The van der Waals surface area contributed by atoms with Crippen LogP contribution in [0.3, 0.4) is 0 Å². The fraction of sp³-hybridized carbons (Fsp3) is 0.429. The molecule has 39 heavy (non-hydrogen) atoms. The molecule has 0 spiro atoms. The average Bonchev–Trinajstić information content (AvgIpc) is 2.91. The van der Waals surface area contributed by atoms with Crippen molar-refractivity contribution < 1.29 is 32.9 Å². The van der Waals surface area contributed by atoms with Crippen LogP contribution < -0.4 is 4.74 Å². The summed E-state index contributed by atoms with van der Waals surface area (Å²) < 4.78 is 45.0. The first-order valence-corrected chi connectivity index (χ1v) is 14.0. The van der Waals surface area contributed by atoms with Gasteiger partial charge in [0.2, 0.25) is 0 Å². The number of benzene rings is 2. The number of alkyl halides is 3. The van der Waals surface area contributed by atoms with E-state index in [1.54, 1.807) is 31.4 Å². The zero-order valence-electron chi connectivity index (χ0n) is 21.4. The number of halogens is 4. The third-order valence-corrected chi connectivity index (χ3v) is 8.78. The van der Waals surface area contributed by atoms with E-state index in [1.807, 2.05) is 0 Å². The Balaban J connectivity index is 1.37. The predicted molar refractivity (Wildman–Crippen MR) is 145 cm³/mol. The number of rotatable bonds is 10. The maximum atomic E-state index is 13.2. The molecule has 2 N–H and O–H groups in total. The van der Waals surface area contributed by atoms with Crippen LogP contribution in [0.25, 0.3) is 10.9 Å². The first kappa shape index (κ1) is 29.5. The third kappa shape index (κ3) is 6.80. The van der Waals surface area contributed by atoms with Crippen molar-refractivity contribution >= 4 is 40.2 Å². The number of hydrogen-bond donors (Lipinski definition) is 2. The van der Waals surface area contributed by atoms with Gasteiger partial charge in [0, 0.05) is 34.3 Å². The minimum Gasteiger partial charge on any atom is -0.497 e. The summed E-state index contributed by atoms with van der Waals surface area (Å²) in [6.07, 6.45) is -2.68. The van der Waals surface area contributed by atoms with Crippen molar-refractivity contribution in [3.8, 4) is 5.75 Å². The molecule has 0 unspecified atom stereocenters. The number of aliphatic hydroxyl groups excluding tert-OH is 1. The number of fused-ring (bicyclic) bond motifs is 1. The van der Waals surface area contributed by atoms with Crippen molar-refractivity contribution in [1.29, 1.82) is 0 Å². The molecule has 4 rings (SSSR count). The summed E-state index contributed by atoms with van der Waals surface area (Å²) in [6.45, 7) is 1.58. The van der Waals surface area contributed by atoms with Gasteiger partial charge >= 0.3 is 12.1 Å². The lowest BCUT2D eigenvalue weighted by Gasteiger charge is -2.39. The zero-order chi connectivity index (χ0) is 28.2. The number of methoxy groups -OCH3 is 1. The van der Waals surface area contributed by atoms with Crippen molar-refractivity contribution in [2.75, 3.05) is 32.5 Å². The van der Waals surface area contributed by atoms with Gasteiger partial charge in [0.1, 0.15) is 5.75 Å². The Bertz CT molecular complexity index is 1320. The molecule has 1 saturated heterocycles. The summed E-state index contributed by atoms with van der Waals surface area (Å²) in [5, 5.41) is 22.2. The van der Waals surface area contributed by atoms with Crippen LogP contribution in [0.2, 0.25) is 5.02 Å². The number of thioether (sulfide) groups is 1. The Morgan fingerprint density at radius 1 is 1.23 bits per heavy atom. The number of pyridine rings is 1. The largest absolute Gasteiger partial charge is 0.497 e. The highest BCUT2D eigenvalue weighted by atomic mass is 35.5. The van der Waals surface area contributed by atoms with Gasteiger partial charge in [-0.15, -0.1) is 11.8 Å². The normalized spacial score (nSPS) is 16.8. The van der Waals surface area contributed by atoms with E-state index in [2.05, 4.69) is 9.88 Å². The zero-order valence-corrected chi connectivity index (χ0v) is 23.0. The number of carbonyl (C=O) groups is 1. The summed E-state index contributed by atoms with van der Waals surface area (Å²) >= 11 is 7.56. The standard InChI is InChI=1S/C28H30ClF3N2O4S/c1-38-18-6-7-22-19(16-18)25(21(29)17-33-22)23(35)8-9-27(26(36)37)10-12-34(13-11-27)14-15-39-24-5-3-2-4-20(24)28(30,31)32/h2-7,16-17,23,35H,8-15H2,1H3,(H,36,37)/t23-/m0/s1. The summed E-state index contributed by atoms with van der Waals surface area (Å²) in [5.41, 5.74) is -0.501. The van der Waals surface area contributed by atoms with E-state index in [9.17, 15) is 28.2 Å². The van der Waals surface area contributed by atoms with Crippen LogP contribution in [0.5, 0.6) is 5.75 Å². The second kappa shape index (κ2) is 12.3. The molecule has 0 radical (unpaired) electrons. The lowest BCUT2D eigenvalue weighted by molar-refractivity contribution is -0.153. The van der Waals surface area contributed by atoms with Crippen LogP contribution in [-0.4, -0.2) is 58.6 Å². The Labute approximate surface area is 234 Å². The highest BCUT2D eigenvalue weighted by Crippen LogP contribution is 2.41. The molecule has 2 aromatic carbocycles. The first-order valence-electron chi connectivity index (χ1n) is 12.6. The second-order valence-electron chi connectivity index (χ2n) is 9.73. The number of carboxylic acids is 1. The smallest absolute Gasteiger partial charge is 0.417 e. The molecule has 0 aliphatic carbocycles. The first-order chi connectivity index (χ1) is 18.5. The van der Waals surface area contributed by atoms with Crippen molar-refractivity contribution in [2.45, 2.75) is 42.9 Å². The summed E-state index contributed by atoms with van der Waals surface area (Å²) in [7, 11) is 1.54. The summed E-state index contributed by atoms with van der Waals surface area (Å²) in [4.78, 5) is 18.9. The molecule has 2 heterocycles. The van der Waals surface area contributed by atoms with Crippen LogP contribution >= 0.6 is 23.4 Å². The van der Waals surface area contributed by atoms with Crippen molar-refractivity contribution in [1.82, 2.24) is 9.88 Å². The molecular formula is C28H30ClF3N2O4S. The van der Waals surface area contributed by atoms with E-state index in [0.717, 1.165) is 17.8 Å². The van der Waals surface area contributed by atoms with Crippen LogP contribution in [0, 0.1) is 5.41 Å². The fourth-order valence-electron chi connectivity index (χ4n) is 5.08. The molecule has 0 saturated carbocycles. The van der Waals surface area contributed by atoms with Gasteiger partial charge < -0.3 is 19.8 Å². The van der Waals surface area contributed by atoms with Crippen LogP contribution in [0.1, 0.15) is 42.9 Å². The predicted octanol–water partition coefficient (Wildman–Crippen LogP) is 6.69. The van der Waals surface area contributed by atoms with Gasteiger partial charge in [-0.25, -0.2) is 0 Å². The number of aliphatic carboxylic acids is 1. The van der Waals surface area contributed by atoms with Gasteiger partial charge in [-0.2, -0.15) is 13.2 Å². The monoisotopic (exact) mass is 582 g/mol. The van der Waals surface area contributed by atoms with Crippen LogP contribution in [0.15, 0.2) is 53.6 Å². The van der Waals surface area contributed by atoms with E-state index in [4.69, 9.17) is 16.3 Å². The number of ether oxygens (including phenoxy) is 1. The highest BCUT2D eigenvalue weighted by molar-refractivity contribution is 7.99. The maximum absolute atomic E-state index is 13.2. The number of carboxylic acid groups (broad SMARTS) is 1. The lowest BCUT2D eigenvalue weighted by Crippen LogP contribution is -2.45. The number of aromatic nitrogens is 1. The van der Waals surface area contributed by atoms with E-state index in [-0.39, 0.29) is 17.7 Å². The molecule has 210 valence electrons. The molecule has 1 atom stereocenters. The molecule has 11 heteroatoms. The molecule has 1 aliphatic rings. The average molecular weight is 583 g/mol. The van der Waals surface area contributed by atoms with Crippen molar-refractivity contribution in [3.05, 3.63) is 64.8 Å². The third-order valence-electron chi connectivity index (χ3n) is 7.42. The van der Waals surface area contributed by atoms with Crippen LogP contribution in [-0.2, 0) is 11.0 Å². The van der Waals surface area contributed by atoms with Gasteiger partial charge in [0.25, 0.3) is 0 Å². The molecule has 0 bridgehead atoms. The van der Waals surface area contributed by atoms with Gasteiger partial charge in [-0.05, 0) is 69.1 Å². The number of piperidine rings is 1. The van der Waals surface area contributed by atoms with E-state index in [1.165, 1.54) is 18.3 Å². The SMILES string of the molecule is COc1ccc2ncc(Cl)c([C@@H](O)CCC3(C(=O)O)CCN(CCSc4ccccc4C(F)(F)F)CC3)c2c1. The molecule has 1 aliphatic heterocycles. The number of aliphatic hydroxyl groups is 1. The summed E-state index contributed by atoms with van der Waals surface area (Å²) in [6, 6.07) is 10.8. The molecular weight excluding hydrogens is 553 g/mol. The van der Waals surface area contributed by atoms with Gasteiger partial charge in [0.05, 0.1) is 34.7 Å². The maximum Gasteiger partial charge on any atom is 0.417 e. The topological polar surface area (TPSA) is 82.9 Å². The number of nitrogens with zero attached hydrogens (tertiary/aromatic N) is 2. The Morgan fingerprint density at radius 2 is 1.95 bits per heavy atom. The van der Waals surface area contributed by atoms with Gasteiger partial charge in [-0.1, -0.05) is 23.7 Å². The van der Waals surface area contributed by atoms with E-state index < -0.39 is 29.2 Å². The molecule has 0 amide bonds. The minimum absolute atomic E-state index is 0.191. The highest BCUT2D eigenvalue weighted by Gasteiger charge is 2.41. The van der Waals surface area contributed by atoms with Crippen molar-refractivity contribution in [3.63, 3.8) is 0 Å². The quantitative estimate of drug-likeness (QED) is 0.258. The van der Waals surface area contributed by atoms with E-state index >= 15 is 0 Å². The molecule has 6 nitrogen and oxygen atoms in total. The Morgan fingerprint density at radius 3 is 2.62 bits per heavy atom. The number of hydrogen-bond acceptors (Lipinski definition) is 6. The van der Waals surface area contributed by atoms with E-state index in [0.29, 0.717) is 65.5 Å². The molecule has 1 fully saturated rings. The second-order valence-corrected chi connectivity index (χ2v) is 11.3. The Hall–Kier alpha value is -2.53. The fourth-order valence-corrected chi connectivity index (χ4v) is 6.44. The Kier molecular flexibility index (Phi) is 9.31. The molecule has 3 aromatic rings. The lowest BCUT2D eigenvalue weighted by atomic mass is 9.74. The van der Waals surface area contributed by atoms with Crippen molar-refractivity contribution in [2.24, 2.45) is 5.41 Å². The number of likely N-dealkylation sites (tertiary alicyclic amines) is 1.